The second kappa shape index (κ2) is 4.00. The van der Waals surface area contributed by atoms with Crippen molar-refractivity contribution in [3.63, 3.8) is 0 Å². The SMILES string of the molecule is O=Cc1c2ccc(-c3ccccc3)c1OC(=O)O2. The zero-order chi connectivity index (χ0) is 12.5. The molecule has 88 valence electrons. The van der Waals surface area contributed by atoms with E-state index in [0.717, 1.165) is 5.56 Å². The molecule has 4 heteroatoms. The maximum absolute atomic E-state index is 11.3. The van der Waals surface area contributed by atoms with Crippen LogP contribution in [0.3, 0.4) is 0 Å². The molecule has 2 aromatic rings. The molecule has 2 bridgehead atoms. The summed E-state index contributed by atoms with van der Waals surface area (Å²) in [6.07, 6.45) is -0.188. The van der Waals surface area contributed by atoms with Gasteiger partial charge in [-0.3, -0.25) is 4.79 Å². The van der Waals surface area contributed by atoms with Gasteiger partial charge in [0.2, 0.25) is 0 Å². The number of carbonyl (C=O) groups is 2. The van der Waals surface area contributed by atoms with E-state index in [4.69, 9.17) is 9.47 Å². The number of aldehydes is 1. The fourth-order valence-corrected chi connectivity index (χ4v) is 1.93. The van der Waals surface area contributed by atoms with Crippen molar-refractivity contribution in [2.75, 3.05) is 0 Å². The van der Waals surface area contributed by atoms with Crippen LogP contribution in [0.1, 0.15) is 10.4 Å². The third kappa shape index (κ3) is 1.55. The molecule has 18 heavy (non-hydrogen) atoms. The van der Waals surface area contributed by atoms with E-state index < -0.39 is 6.16 Å². The van der Waals surface area contributed by atoms with Crippen molar-refractivity contribution in [2.45, 2.75) is 0 Å². The van der Waals surface area contributed by atoms with Crippen molar-refractivity contribution in [3.8, 4) is 22.6 Å². The molecule has 0 spiro atoms. The van der Waals surface area contributed by atoms with Crippen LogP contribution >= 0.6 is 0 Å². The van der Waals surface area contributed by atoms with Crippen molar-refractivity contribution >= 4 is 12.4 Å². The number of rotatable bonds is 2. The van der Waals surface area contributed by atoms with Crippen LogP contribution < -0.4 is 9.47 Å². The van der Waals surface area contributed by atoms with Crippen LogP contribution in [0.15, 0.2) is 42.5 Å². The normalized spacial score (nSPS) is 12.6. The van der Waals surface area contributed by atoms with Gasteiger partial charge in [0, 0.05) is 5.56 Å². The summed E-state index contributed by atoms with van der Waals surface area (Å²) in [7, 11) is 0. The largest absolute Gasteiger partial charge is 0.519 e. The van der Waals surface area contributed by atoms with Crippen LogP contribution in [0.2, 0.25) is 0 Å². The lowest BCUT2D eigenvalue weighted by atomic mass is 10.0. The summed E-state index contributed by atoms with van der Waals surface area (Å²) in [5, 5.41) is 0. The molecule has 0 N–H and O–H groups in total. The van der Waals surface area contributed by atoms with Crippen molar-refractivity contribution in [1.29, 1.82) is 0 Å². The first kappa shape index (κ1) is 10.5. The molecule has 1 aliphatic heterocycles. The molecule has 4 nitrogen and oxygen atoms in total. The Hall–Kier alpha value is -2.62. The van der Waals surface area contributed by atoms with Crippen LogP contribution in [0, 0.1) is 0 Å². The molecule has 0 unspecified atom stereocenters. The van der Waals surface area contributed by atoms with Gasteiger partial charge in [-0.1, -0.05) is 30.3 Å². The number of hydrogen-bond acceptors (Lipinski definition) is 4. The minimum Gasteiger partial charge on any atom is -0.394 e. The Morgan fingerprint density at radius 1 is 0.944 bits per heavy atom. The predicted molar refractivity (Wildman–Crippen MR) is 63.9 cm³/mol. The fourth-order valence-electron chi connectivity index (χ4n) is 1.93. The van der Waals surface area contributed by atoms with E-state index in [-0.39, 0.29) is 17.1 Å². The summed E-state index contributed by atoms with van der Waals surface area (Å²) in [6.45, 7) is 0. The lowest BCUT2D eigenvalue weighted by Gasteiger charge is -2.19. The Morgan fingerprint density at radius 2 is 1.72 bits per heavy atom. The zero-order valence-electron chi connectivity index (χ0n) is 9.25. The third-order valence-corrected chi connectivity index (χ3v) is 2.74. The number of hydrogen-bond donors (Lipinski definition) is 0. The summed E-state index contributed by atoms with van der Waals surface area (Å²) in [4.78, 5) is 22.3. The zero-order valence-corrected chi connectivity index (χ0v) is 9.25. The Bertz CT molecular complexity index is 632. The second-order valence-corrected chi connectivity index (χ2v) is 3.79. The molecule has 0 aromatic heterocycles. The van der Waals surface area contributed by atoms with Gasteiger partial charge in [-0.2, -0.15) is 0 Å². The molecule has 2 aromatic carbocycles. The number of ether oxygens (including phenoxy) is 2. The van der Waals surface area contributed by atoms with Gasteiger partial charge in [-0.15, -0.1) is 0 Å². The molecule has 0 amide bonds. The van der Waals surface area contributed by atoms with Crippen LogP contribution in [-0.2, 0) is 0 Å². The molecule has 0 aliphatic carbocycles. The van der Waals surface area contributed by atoms with Crippen LogP contribution in [-0.4, -0.2) is 12.4 Å². The first-order valence-corrected chi connectivity index (χ1v) is 5.37. The van der Waals surface area contributed by atoms with Crippen molar-refractivity contribution in [3.05, 3.63) is 48.0 Å². The third-order valence-electron chi connectivity index (χ3n) is 2.74. The molecule has 0 atom stereocenters. The highest BCUT2D eigenvalue weighted by atomic mass is 16.7. The van der Waals surface area contributed by atoms with Gasteiger partial charge in [0.15, 0.2) is 12.0 Å². The summed E-state index contributed by atoms with van der Waals surface area (Å²) in [5.74, 6) is 0.487. The first-order valence-electron chi connectivity index (χ1n) is 5.37. The smallest absolute Gasteiger partial charge is 0.394 e. The summed E-state index contributed by atoms with van der Waals surface area (Å²) in [6, 6.07) is 12.7. The van der Waals surface area contributed by atoms with Crippen LogP contribution in [0.5, 0.6) is 11.5 Å². The molecular formula is C14H8O4. The van der Waals surface area contributed by atoms with Gasteiger partial charge in [-0.05, 0) is 17.7 Å². The Balaban J connectivity index is 2.25. The van der Waals surface area contributed by atoms with E-state index in [0.29, 0.717) is 11.8 Å². The number of benzene rings is 2. The standard InChI is InChI=1S/C14H8O4/c15-8-11-12-7-6-10(9-4-2-1-3-5-9)13(11)18-14(16)17-12/h1-8H. The van der Waals surface area contributed by atoms with Crippen LogP contribution in [0.25, 0.3) is 11.1 Å². The summed E-state index contributed by atoms with van der Waals surface area (Å²) < 4.78 is 9.82. The highest BCUT2D eigenvalue weighted by molar-refractivity contribution is 5.94. The average Bonchev–Trinajstić information content (AvgIpc) is 2.39. The van der Waals surface area contributed by atoms with E-state index in [1.54, 1.807) is 12.1 Å². The van der Waals surface area contributed by atoms with E-state index in [2.05, 4.69) is 0 Å². The maximum atomic E-state index is 11.3. The van der Waals surface area contributed by atoms with Crippen LogP contribution in [0.4, 0.5) is 4.79 Å². The van der Waals surface area contributed by atoms with E-state index in [9.17, 15) is 9.59 Å². The van der Waals surface area contributed by atoms with Gasteiger partial charge in [0.25, 0.3) is 0 Å². The average molecular weight is 240 g/mol. The Labute approximate surface area is 103 Å². The van der Waals surface area contributed by atoms with Crippen molar-refractivity contribution < 1.29 is 19.1 Å². The summed E-state index contributed by atoms with van der Waals surface area (Å²) in [5.41, 5.74) is 1.82. The van der Waals surface area contributed by atoms with Gasteiger partial charge < -0.3 is 9.47 Å². The summed E-state index contributed by atoms with van der Waals surface area (Å²) >= 11 is 0. The highest BCUT2D eigenvalue weighted by Gasteiger charge is 2.26. The second-order valence-electron chi connectivity index (χ2n) is 3.79. The fraction of sp³-hybridized carbons (Fsp3) is 0. The molecular weight excluding hydrogens is 232 g/mol. The molecule has 0 saturated heterocycles. The predicted octanol–water partition coefficient (Wildman–Crippen LogP) is 3.06. The molecule has 1 aliphatic rings. The van der Waals surface area contributed by atoms with Gasteiger partial charge >= 0.3 is 6.16 Å². The molecule has 0 saturated carbocycles. The molecule has 0 fully saturated rings. The topological polar surface area (TPSA) is 52.6 Å². The number of fused-ring (bicyclic) bond motifs is 2. The Morgan fingerprint density at radius 3 is 2.44 bits per heavy atom. The maximum Gasteiger partial charge on any atom is 0.519 e. The van der Waals surface area contributed by atoms with Crippen molar-refractivity contribution in [2.24, 2.45) is 0 Å². The minimum absolute atomic E-state index is 0.232. The van der Waals surface area contributed by atoms with E-state index in [1.165, 1.54) is 0 Å². The lowest BCUT2D eigenvalue weighted by molar-refractivity contribution is 0.110. The Kier molecular flexibility index (Phi) is 2.34. The monoisotopic (exact) mass is 240 g/mol. The van der Waals surface area contributed by atoms with E-state index in [1.807, 2.05) is 30.3 Å². The highest BCUT2D eigenvalue weighted by Crippen LogP contribution is 2.40. The number of carbonyl (C=O) groups excluding carboxylic acids is 2. The lowest BCUT2D eigenvalue weighted by Crippen LogP contribution is -2.21. The van der Waals surface area contributed by atoms with Crippen molar-refractivity contribution in [1.82, 2.24) is 0 Å². The molecule has 0 radical (unpaired) electrons. The first-order chi connectivity index (χ1) is 8.79. The van der Waals surface area contributed by atoms with Gasteiger partial charge in [0.05, 0.1) is 0 Å². The van der Waals surface area contributed by atoms with Gasteiger partial charge in [-0.25, -0.2) is 4.79 Å². The molecule has 3 rings (SSSR count). The quantitative estimate of drug-likeness (QED) is 0.460. The van der Waals surface area contributed by atoms with Gasteiger partial charge in [0.1, 0.15) is 11.3 Å². The minimum atomic E-state index is -0.816. The molecule has 1 heterocycles. The van der Waals surface area contributed by atoms with E-state index >= 15 is 0 Å².